The van der Waals surface area contributed by atoms with Crippen molar-refractivity contribution < 1.29 is 14.0 Å². The van der Waals surface area contributed by atoms with Crippen LogP contribution in [0.2, 0.25) is 0 Å². The van der Waals surface area contributed by atoms with E-state index in [0.717, 1.165) is 49.9 Å². The maximum Gasteiger partial charge on any atom is 0.260 e. The van der Waals surface area contributed by atoms with E-state index >= 15 is 0 Å². The van der Waals surface area contributed by atoms with Crippen molar-refractivity contribution in [3.05, 3.63) is 23.9 Å². The SMILES string of the molecule is O=C(Nc1nc2cccc(C3CCC4(CC3)CN(C(=O)C3(F)CC3)C4)n2n1)C1CC1. The number of aromatic nitrogens is 3. The highest BCUT2D eigenvalue weighted by atomic mass is 19.1. The molecule has 2 aromatic heterocycles. The molecule has 8 heteroatoms. The molecule has 2 amide bonds. The molecule has 0 unspecified atom stereocenters. The maximum absolute atomic E-state index is 14.0. The molecule has 2 aromatic rings. The molecule has 0 bridgehead atoms. The fourth-order valence-corrected chi connectivity index (χ4v) is 5.20. The largest absolute Gasteiger partial charge is 0.339 e. The number of fused-ring (bicyclic) bond motifs is 1. The van der Waals surface area contributed by atoms with Gasteiger partial charge in [-0.2, -0.15) is 4.98 Å². The summed E-state index contributed by atoms with van der Waals surface area (Å²) in [6.07, 6.45) is 6.79. The van der Waals surface area contributed by atoms with Crippen LogP contribution in [-0.4, -0.2) is 50.1 Å². The zero-order valence-electron chi connectivity index (χ0n) is 16.9. The average molecular weight is 411 g/mol. The summed E-state index contributed by atoms with van der Waals surface area (Å²) in [5, 5.41) is 7.39. The van der Waals surface area contributed by atoms with Crippen molar-refractivity contribution in [2.75, 3.05) is 18.4 Å². The van der Waals surface area contributed by atoms with Gasteiger partial charge in [0.05, 0.1) is 0 Å². The predicted octanol–water partition coefficient (Wildman–Crippen LogP) is 3.07. The number of likely N-dealkylation sites (tertiary alicyclic amines) is 1. The molecule has 1 aliphatic heterocycles. The quantitative estimate of drug-likeness (QED) is 0.839. The molecule has 3 heterocycles. The third-order valence-corrected chi connectivity index (χ3v) is 7.45. The Hall–Kier alpha value is -2.51. The summed E-state index contributed by atoms with van der Waals surface area (Å²) in [6.45, 7) is 1.41. The van der Waals surface area contributed by atoms with Gasteiger partial charge in [0.2, 0.25) is 11.9 Å². The van der Waals surface area contributed by atoms with Crippen molar-refractivity contribution >= 4 is 23.4 Å². The van der Waals surface area contributed by atoms with Crippen LogP contribution in [0.25, 0.3) is 5.65 Å². The van der Waals surface area contributed by atoms with Crippen LogP contribution in [0.3, 0.4) is 0 Å². The molecular weight excluding hydrogens is 385 g/mol. The first-order valence-electron chi connectivity index (χ1n) is 11.1. The van der Waals surface area contributed by atoms with Crippen molar-refractivity contribution in [3.63, 3.8) is 0 Å². The third-order valence-electron chi connectivity index (χ3n) is 7.45. The molecule has 4 fully saturated rings. The molecule has 4 aliphatic rings. The number of carbonyl (C=O) groups excluding carboxylic acids is 2. The standard InChI is InChI=1S/C22H26FN5O2/c23-22(10-11-22)19(30)27-12-21(13-27)8-6-14(7-9-21)16-2-1-3-17-24-20(26-28(16)17)25-18(29)15-4-5-15/h1-3,14-15H,4-13H2,(H,25,26,29). The number of rotatable bonds is 4. The number of amides is 2. The first-order chi connectivity index (χ1) is 14.4. The lowest BCUT2D eigenvalue weighted by molar-refractivity contribution is -0.153. The molecular formula is C22H26FN5O2. The minimum Gasteiger partial charge on any atom is -0.339 e. The lowest BCUT2D eigenvalue weighted by atomic mass is 9.65. The Morgan fingerprint density at radius 3 is 2.47 bits per heavy atom. The molecule has 6 rings (SSSR count). The van der Waals surface area contributed by atoms with E-state index in [9.17, 15) is 14.0 Å². The van der Waals surface area contributed by atoms with E-state index in [1.54, 1.807) is 4.90 Å². The maximum atomic E-state index is 14.0. The van der Waals surface area contributed by atoms with Gasteiger partial charge in [-0.15, -0.1) is 5.10 Å². The average Bonchev–Trinajstić information content (AvgIpc) is 3.64. The van der Waals surface area contributed by atoms with Gasteiger partial charge in [-0.1, -0.05) is 6.07 Å². The zero-order valence-corrected chi connectivity index (χ0v) is 16.9. The van der Waals surface area contributed by atoms with Crippen LogP contribution < -0.4 is 5.32 Å². The first-order valence-corrected chi connectivity index (χ1v) is 11.1. The lowest BCUT2D eigenvalue weighted by Crippen LogP contribution is -2.61. The first kappa shape index (κ1) is 18.3. The Morgan fingerprint density at radius 1 is 1.07 bits per heavy atom. The van der Waals surface area contributed by atoms with E-state index < -0.39 is 5.67 Å². The molecule has 0 radical (unpaired) electrons. The molecule has 7 nitrogen and oxygen atoms in total. The number of nitrogens with one attached hydrogen (secondary N) is 1. The van der Waals surface area contributed by atoms with Crippen molar-refractivity contribution in [2.24, 2.45) is 11.3 Å². The van der Waals surface area contributed by atoms with Crippen molar-refractivity contribution in [1.82, 2.24) is 19.5 Å². The van der Waals surface area contributed by atoms with Gasteiger partial charge in [-0.3, -0.25) is 14.9 Å². The summed E-state index contributed by atoms with van der Waals surface area (Å²) in [4.78, 5) is 30.4. The molecule has 30 heavy (non-hydrogen) atoms. The van der Waals surface area contributed by atoms with E-state index in [-0.39, 0.29) is 23.1 Å². The molecule has 3 saturated carbocycles. The second-order valence-corrected chi connectivity index (χ2v) is 9.82. The highest BCUT2D eigenvalue weighted by Crippen LogP contribution is 2.51. The van der Waals surface area contributed by atoms with Crippen molar-refractivity contribution in [1.29, 1.82) is 0 Å². The fourth-order valence-electron chi connectivity index (χ4n) is 5.20. The van der Waals surface area contributed by atoms with Crippen LogP contribution in [0.4, 0.5) is 10.3 Å². The second kappa shape index (κ2) is 6.25. The Balaban J connectivity index is 1.13. The van der Waals surface area contributed by atoms with Gasteiger partial charge in [0, 0.05) is 36.0 Å². The van der Waals surface area contributed by atoms with Crippen LogP contribution in [0.15, 0.2) is 18.2 Å². The zero-order chi connectivity index (χ0) is 20.5. The van der Waals surface area contributed by atoms with E-state index in [1.165, 1.54) is 0 Å². The summed E-state index contributed by atoms with van der Waals surface area (Å²) in [5.74, 6) is 0.584. The summed E-state index contributed by atoms with van der Waals surface area (Å²) >= 11 is 0. The molecule has 1 spiro atoms. The van der Waals surface area contributed by atoms with Gasteiger partial charge in [0.1, 0.15) is 0 Å². The van der Waals surface area contributed by atoms with E-state index in [0.29, 0.717) is 37.8 Å². The summed E-state index contributed by atoms with van der Waals surface area (Å²) in [6, 6.07) is 6.00. The van der Waals surface area contributed by atoms with Crippen LogP contribution in [0, 0.1) is 11.3 Å². The Bertz CT molecular complexity index is 1030. The molecule has 158 valence electrons. The molecule has 3 aliphatic carbocycles. The number of hydrogen-bond acceptors (Lipinski definition) is 4. The number of pyridine rings is 1. The third kappa shape index (κ3) is 2.99. The number of anilines is 1. The highest BCUT2D eigenvalue weighted by Gasteiger charge is 2.57. The smallest absolute Gasteiger partial charge is 0.260 e. The minimum atomic E-state index is -1.55. The van der Waals surface area contributed by atoms with Crippen LogP contribution in [0.1, 0.15) is 63.0 Å². The number of nitrogens with zero attached hydrogens (tertiary/aromatic N) is 4. The summed E-state index contributed by atoms with van der Waals surface area (Å²) in [7, 11) is 0. The molecule has 0 aromatic carbocycles. The van der Waals surface area contributed by atoms with Crippen molar-refractivity contribution in [2.45, 2.75) is 63.0 Å². The van der Waals surface area contributed by atoms with Gasteiger partial charge >= 0.3 is 0 Å². The summed E-state index contributed by atoms with van der Waals surface area (Å²) < 4.78 is 15.9. The fraction of sp³-hybridized carbons (Fsp3) is 0.636. The van der Waals surface area contributed by atoms with E-state index in [2.05, 4.69) is 21.5 Å². The number of hydrogen-bond donors (Lipinski definition) is 1. The van der Waals surface area contributed by atoms with Gasteiger partial charge in [0.15, 0.2) is 11.3 Å². The van der Waals surface area contributed by atoms with Crippen LogP contribution in [0.5, 0.6) is 0 Å². The Morgan fingerprint density at radius 2 is 1.80 bits per heavy atom. The topological polar surface area (TPSA) is 79.6 Å². The van der Waals surface area contributed by atoms with Gasteiger partial charge in [-0.05, 0) is 63.5 Å². The van der Waals surface area contributed by atoms with E-state index in [4.69, 9.17) is 0 Å². The highest BCUT2D eigenvalue weighted by molar-refractivity contribution is 5.92. The predicted molar refractivity (Wildman–Crippen MR) is 108 cm³/mol. The molecule has 0 atom stereocenters. The summed E-state index contributed by atoms with van der Waals surface area (Å²) in [5.41, 5.74) is 0.484. The second-order valence-electron chi connectivity index (χ2n) is 9.82. The van der Waals surface area contributed by atoms with Crippen LogP contribution in [-0.2, 0) is 9.59 Å². The Labute approximate surface area is 174 Å². The van der Waals surface area contributed by atoms with Crippen molar-refractivity contribution in [3.8, 4) is 0 Å². The normalized spacial score (nSPS) is 24.6. The number of halogens is 1. The van der Waals surface area contributed by atoms with Gasteiger partial charge in [0.25, 0.3) is 5.91 Å². The molecule has 1 N–H and O–H groups in total. The van der Waals surface area contributed by atoms with Crippen LogP contribution >= 0.6 is 0 Å². The minimum absolute atomic E-state index is 0.0115. The monoisotopic (exact) mass is 411 g/mol. The number of alkyl halides is 1. The lowest BCUT2D eigenvalue weighted by Gasteiger charge is -2.53. The molecule has 1 saturated heterocycles. The Kier molecular flexibility index (Phi) is 3.81. The number of carbonyl (C=O) groups is 2. The van der Waals surface area contributed by atoms with Gasteiger partial charge in [-0.25, -0.2) is 8.91 Å². The van der Waals surface area contributed by atoms with E-state index in [1.807, 2.05) is 16.6 Å². The van der Waals surface area contributed by atoms with Gasteiger partial charge < -0.3 is 4.90 Å².